The number of hydrogen-bond donors (Lipinski definition) is 0. The summed E-state index contributed by atoms with van der Waals surface area (Å²) in [6, 6.07) is 13.4. The van der Waals surface area contributed by atoms with E-state index in [1.165, 1.54) is 7.11 Å². The molecule has 0 bridgehead atoms. The molecule has 2 atom stereocenters. The third kappa shape index (κ3) is 2.68. The van der Waals surface area contributed by atoms with Crippen LogP contribution in [0.3, 0.4) is 0 Å². The van der Waals surface area contributed by atoms with E-state index in [-0.39, 0.29) is 5.71 Å². The Kier molecular flexibility index (Phi) is 3.99. The molecule has 1 saturated heterocycles. The van der Waals surface area contributed by atoms with Crippen LogP contribution < -0.4 is 9.64 Å². The number of carbonyl (C=O) groups is 3. The van der Waals surface area contributed by atoms with Crippen molar-refractivity contribution in [3.63, 3.8) is 0 Å². The molecule has 27 heavy (non-hydrogen) atoms. The highest BCUT2D eigenvalue weighted by atomic mass is 16.7. The smallest absolute Gasteiger partial charge is 0.278 e. The number of ketones is 1. The Morgan fingerprint density at radius 2 is 1.70 bits per heavy atom. The lowest BCUT2D eigenvalue weighted by Crippen LogP contribution is -2.34. The Hall–Kier alpha value is -3.48. The largest absolute Gasteiger partial charge is 0.497 e. The minimum Gasteiger partial charge on any atom is -0.497 e. The number of Topliss-reactive ketones (excluding diaryl/α,β-unsaturated/α-hetero) is 1. The lowest BCUT2D eigenvalue weighted by atomic mass is 9.93. The number of carbonyl (C=O) groups excluding carboxylic acids is 3. The van der Waals surface area contributed by atoms with Gasteiger partial charge in [-0.15, -0.1) is 0 Å². The first kappa shape index (κ1) is 17.0. The highest BCUT2D eigenvalue weighted by Crippen LogP contribution is 2.34. The van der Waals surface area contributed by atoms with E-state index in [1.54, 1.807) is 48.5 Å². The molecule has 4 rings (SSSR count). The normalized spacial score (nSPS) is 21.0. The lowest BCUT2D eigenvalue weighted by Gasteiger charge is -2.15. The van der Waals surface area contributed by atoms with Crippen molar-refractivity contribution in [2.45, 2.75) is 13.0 Å². The molecule has 2 aliphatic heterocycles. The van der Waals surface area contributed by atoms with Crippen molar-refractivity contribution in [2.75, 3.05) is 12.0 Å². The molecular weight excluding hydrogens is 348 g/mol. The van der Waals surface area contributed by atoms with Gasteiger partial charge in [0.25, 0.3) is 5.91 Å². The number of methoxy groups -OCH3 is 1. The number of benzene rings is 2. The average Bonchev–Trinajstić information content (AvgIpc) is 3.22. The van der Waals surface area contributed by atoms with Crippen LogP contribution in [0.2, 0.25) is 0 Å². The van der Waals surface area contributed by atoms with Gasteiger partial charge in [0, 0.05) is 5.56 Å². The van der Waals surface area contributed by atoms with E-state index in [2.05, 4.69) is 5.16 Å². The molecule has 0 spiro atoms. The first-order valence-electron chi connectivity index (χ1n) is 8.38. The fraction of sp³-hybridized carbons (Fsp3) is 0.200. The molecule has 0 unspecified atom stereocenters. The number of amides is 2. The Morgan fingerprint density at radius 3 is 2.33 bits per heavy atom. The van der Waals surface area contributed by atoms with Crippen LogP contribution in [-0.2, 0) is 14.4 Å². The molecule has 0 N–H and O–H groups in total. The van der Waals surface area contributed by atoms with Gasteiger partial charge in [0.05, 0.1) is 12.8 Å². The molecule has 0 saturated carbocycles. The van der Waals surface area contributed by atoms with Crippen LogP contribution in [-0.4, -0.2) is 36.5 Å². The maximum absolute atomic E-state index is 12.9. The first-order valence-corrected chi connectivity index (χ1v) is 8.38. The van der Waals surface area contributed by atoms with Crippen molar-refractivity contribution in [1.82, 2.24) is 0 Å². The molecule has 2 aliphatic rings. The molecule has 136 valence electrons. The van der Waals surface area contributed by atoms with Gasteiger partial charge >= 0.3 is 0 Å². The van der Waals surface area contributed by atoms with Crippen molar-refractivity contribution in [1.29, 1.82) is 0 Å². The van der Waals surface area contributed by atoms with Crippen LogP contribution in [0.1, 0.15) is 15.9 Å². The highest BCUT2D eigenvalue weighted by Gasteiger charge is 2.57. The number of ether oxygens (including phenoxy) is 1. The maximum Gasteiger partial charge on any atom is 0.278 e. The predicted molar refractivity (Wildman–Crippen MR) is 96.8 cm³/mol. The first-order chi connectivity index (χ1) is 13.0. The Labute approximate surface area is 155 Å². The Bertz CT molecular complexity index is 963. The van der Waals surface area contributed by atoms with E-state index in [0.717, 1.165) is 10.5 Å². The second kappa shape index (κ2) is 6.35. The SMILES string of the molecule is COc1ccc(N2C(=O)[C@H]3C(C(=O)c4ccc(C)cc4)=NO[C@H]3C2=O)cc1. The number of nitrogens with zero attached hydrogens (tertiary/aromatic N) is 2. The van der Waals surface area contributed by atoms with Crippen molar-refractivity contribution in [3.8, 4) is 5.75 Å². The van der Waals surface area contributed by atoms with Gasteiger partial charge in [-0.1, -0.05) is 35.0 Å². The summed E-state index contributed by atoms with van der Waals surface area (Å²) < 4.78 is 5.09. The minimum absolute atomic E-state index is 0.0433. The summed E-state index contributed by atoms with van der Waals surface area (Å²) in [5.74, 6) is -1.91. The molecule has 2 amide bonds. The molecule has 2 heterocycles. The Balaban J connectivity index is 1.63. The predicted octanol–water partition coefficient (Wildman–Crippen LogP) is 2.13. The van der Waals surface area contributed by atoms with Gasteiger partial charge < -0.3 is 9.57 Å². The maximum atomic E-state index is 12.9. The molecule has 0 radical (unpaired) electrons. The van der Waals surface area contributed by atoms with Gasteiger partial charge in [0.2, 0.25) is 17.8 Å². The van der Waals surface area contributed by atoms with Crippen LogP contribution in [0.15, 0.2) is 53.7 Å². The second-order valence-electron chi connectivity index (χ2n) is 6.39. The second-order valence-corrected chi connectivity index (χ2v) is 6.39. The number of rotatable bonds is 4. The van der Waals surface area contributed by atoms with Crippen molar-refractivity contribution < 1.29 is 24.0 Å². The summed E-state index contributed by atoms with van der Waals surface area (Å²) in [7, 11) is 1.53. The van der Waals surface area contributed by atoms with Crippen LogP contribution in [0, 0.1) is 12.8 Å². The Morgan fingerprint density at radius 1 is 1.04 bits per heavy atom. The molecule has 1 fully saturated rings. The van der Waals surface area contributed by atoms with Crippen molar-refractivity contribution in [2.24, 2.45) is 11.1 Å². The zero-order valence-electron chi connectivity index (χ0n) is 14.7. The van der Waals surface area contributed by atoms with Crippen LogP contribution >= 0.6 is 0 Å². The fourth-order valence-corrected chi connectivity index (χ4v) is 3.20. The number of fused-ring (bicyclic) bond motifs is 1. The monoisotopic (exact) mass is 364 g/mol. The molecule has 7 heteroatoms. The topological polar surface area (TPSA) is 85.3 Å². The van der Waals surface area contributed by atoms with Crippen molar-refractivity contribution in [3.05, 3.63) is 59.7 Å². The summed E-state index contributed by atoms with van der Waals surface area (Å²) in [6.45, 7) is 1.91. The summed E-state index contributed by atoms with van der Waals surface area (Å²) in [6.07, 6.45) is -1.11. The van der Waals surface area contributed by atoms with E-state index in [1.807, 2.05) is 6.92 Å². The summed E-state index contributed by atoms with van der Waals surface area (Å²) in [4.78, 5) is 44.5. The van der Waals surface area contributed by atoms with E-state index >= 15 is 0 Å². The van der Waals surface area contributed by atoms with Crippen molar-refractivity contribution >= 4 is 29.0 Å². The minimum atomic E-state index is -1.11. The standard InChI is InChI=1S/C20H16N2O5/c1-11-3-5-12(6-4-11)17(23)16-15-18(27-21-16)20(25)22(19(15)24)13-7-9-14(26-2)10-8-13/h3-10,15,18H,1-2H3/t15-,18+/m0/s1. The number of anilines is 1. The lowest BCUT2D eigenvalue weighted by molar-refractivity contribution is -0.126. The summed E-state index contributed by atoms with van der Waals surface area (Å²) >= 11 is 0. The molecular formula is C20H16N2O5. The number of aryl methyl sites for hydroxylation is 1. The number of imide groups is 1. The van der Waals surface area contributed by atoms with Gasteiger partial charge in [0.15, 0.2) is 0 Å². The van der Waals surface area contributed by atoms with E-state index in [0.29, 0.717) is 17.0 Å². The van der Waals surface area contributed by atoms with Crippen LogP contribution in [0.4, 0.5) is 5.69 Å². The quantitative estimate of drug-likeness (QED) is 0.613. The highest BCUT2D eigenvalue weighted by molar-refractivity contribution is 6.52. The number of hydrogen-bond acceptors (Lipinski definition) is 6. The van der Waals surface area contributed by atoms with E-state index < -0.39 is 29.6 Å². The zero-order valence-corrected chi connectivity index (χ0v) is 14.7. The third-order valence-electron chi connectivity index (χ3n) is 4.69. The zero-order chi connectivity index (χ0) is 19.1. The molecule has 0 aliphatic carbocycles. The molecule has 0 aromatic heterocycles. The van der Waals surface area contributed by atoms with Gasteiger partial charge in [-0.2, -0.15) is 0 Å². The fourth-order valence-electron chi connectivity index (χ4n) is 3.20. The van der Waals surface area contributed by atoms with Gasteiger partial charge in [-0.3, -0.25) is 14.4 Å². The van der Waals surface area contributed by atoms with E-state index in [9.17, 15) is 14.4 Å². The third-order valence-corrected chi connectivity index (χ3v) is 4.69. The van der Waals surface area contributed by atoms with Crippen LogP contribution in [0.5, 0.6) is 5.75 Å². The van der Waals surface area contributed by atoms with Gasteiger partial charge in [-0.25, -0.2) is 4.90 Å². The molecule has 2 aromatic rings. The average molecular weight is 364 g/mol. The molecule has 2 aromatic carbocycles. The van der Waals surface area contributed by atoms with Gasteiger partial charge in [0.1, 0.15) is 17.4 Å². The summed E-state index contributed by atoms with van der Waals surface area (Å²) in [5.41, 5.74) is 1.75. The van der Waals surface area contributed by atoms with E-state index in [4.69, 9.17) is 9.57 Å². The molecule has 7 nitrogen and oxygen atoms in total. The number of oxime groups is 1. The van der Waals surface area contributed by atoms with Gasteiger partial charge in [-0.05, 0) is 31.2 Å². The summed E-state index contributed by atoms with van der Waals surface area (Å²) in [5, 5.41) is 3.75. The van der Waals surface area contributed by atoms with Crippen LogP contribution in [0.25, 0.3) is 0 Å².